The molecule has 0 amide bonds. The number of rotatable bonds is 3. The van der Waals surface area contributed by atoms with Gasteiger partial charge >= 0.3 is 0 Å². The van der Waals surface area contributed by atoms with Crippen LogP contribution in [0.3, 0.4) is 0 Å². The Morgan fingerprint density at radius 1 is 1.43 bits per heavy atom. The van der Waals surface area contributed by atoms with E-state index in [-0.39, 0.29) is 0 Å². The molecule has 2 aromatic rings. The molecular formula is C9H11N3O2. The molecule has 0 saturated carbocycles. The van der Waals surface area contributed by atoms with Crippen LogP contribution in [-0.2, 0) is 6.54 Å². The molecule has 14 heavy (non-hydrogen) atoms. The molecule has 0 bridgehead atoms. The summed E-state index contributed by atoms with van der Waals surface area (Å²) in [4.78, 5) is 8.06. The molecule has 0 unspecified atom stereocenters. The zero-order valence-electron chi connectivity index (χ0n) is 8.07. The molecular weight excluding hydrogens is 182 g/mol. The Morgan fingerprint density at radius 2 is 2.29 bits per heavy atom. The van der Waals surface area contributed by atoms with Crippen molar-refractivity contribution in [3.05, 3.63) is 24.0 Å². The van der Waals surface area contributed by atoms with Crippen LogP contribution in [0.25, 0.3) is 11.7 Å². The SMILES string of the molecule is CNCc1cnc(-c2ocnc2C)o1. The van der Waals surface area contributed by atoms with Crippen molar-refractivity contribution in [2.45, 2.75) is 13.5 Å². The first-order valence-electron chi connectivity index (χ1n) is 4.31. The molecule has 2 rings (SSSR count). The molecule has 74 valence electrons. The lowest BCUT2D eigenvalue weighted by atomic mass is 10.4. The van der Waals surface area contributed by atoms with Gasteiger partial charge in [-0.2, -0.15) is 0 Å². The fraction of sp³-hybridized carbons (Fsp3) is 0.333. The summed E-state index contributed by atoms with van der Waals surface area (Å²) in [6.45, 7) is 2.50. The van der Waals surface area contributed by atoms with Crippen molar-refractivity contribution in [2.24, 2.45) is 0 Å². The number of hydrogen-bond donors (Lipinski definition) is 1. The molecule has 5 heteroatoms. The highest BCUT2D eigenvalue weighted by Crippen LogP contribution is 2.21. The summed E-state index contributed by atoms with van der Waals surface area (Å²) in [6.07, 6.45) is 3.06. The predicted molar refractivity (Wildman–Crippen MR) is 49.5 cm³/mol. The van der Waals surface area contributed by atoms with Crippen molar-refractivity contribution in [1.82, 2.24) is 15.3 Å². The third kappa shape index (κ3) is 1.54. The Balaban J connectivity index is 2.29. The third-order valence-electron chi connectivity index (χ3n) is 1.84. The maximum Gasteiger partial charge on any atom is 0.265 e. The van der Waals surface area contributed by atoms with Gasteiger partial charge in [0.15, 0.2) is 6.39 Å². The van der Waals surface area contributed by atoms with Crippen LogP contribution >= 0.6 is 0 Å². The van der Waals surface area contributed by atoms with Crippen LogP contribution in [0, 0.1) is 6.92 Å². The van der Waals surface area contributed by atoms with Crippen LogP contribution in [0.2, 0.25) is 0 Å². The number of aryl methyl sites for hydroxylation is 1. The molecule has 0 aliphatic rings. The van der Waals surface area contributed by atoms with E-state index >= 15 is 0 Å². The van der Waals surface area contributed by atoms with Crippen LogP contribution in [0.1, 0.15) is 11.5 Å². The number of nitrogens with zero attached hydrogens (tertiary/aromatic N) is 2. The lowest BCUT2D eigenvalue weighted by Gasteiger charge is -1.91. The smallest absolute Gasteiger partial charge is 0.265 e. The largest absolute Gasteiger partial charge is 0.438 e. The van der Waals surface area contributed by atoms with E-state index in [4.69, 9.17) is 8.83 Å². The standard InChI is InChI=1S/C9H11N3O2/c1-6-8(13-5-12-6)9-11-4-7(14-9)3-10-2/h4-5,10H,3H2,1-2H3. The van der Waals surface area contributed by atoms with Gasteiger partial charge in [-0.05, 0) is 14.0 Å². The zero-order chi connectivity index (χ0) is 9.97. The average molecular weight is 193 g/mol. The van der Waals surface area contributed by atoms with Crippen LogP contribution in [-0.4, -0.2) is 17.0 Å². The lowest BCUT2D eigenvalue weighted by Crippen LogP contribution is -2.03. The van der Waals surface area contributed by atoms with Gasteiger partial charge in [0.2, 0.25) is 5.76 Å². The first kappa shape index (κ1) is 8.96. The van der Waals surface area contributed by atoms with Crippen molar-refractivity contribution in [3.8, 4) is 11.7 Å². The Labute approximate surface area is 81.2 Å². The number of aromatic nitrogens is 2. The van der Waals surface area contributed by atoms with Crippen molar-refractivity contribution in [2.75, 3.05) is 7.05 Å². The van der Waals surface area contributed by atoms with E-state index in [1.165, 1.54) is 6.39 Å². The number of hydrogen-bond acceptors (Lipinski definition) is 5. The lowest BCUT2D eigenvalue weighted by molar-refractivity contribution is 0.475. The van der Waals surface area contributed by atoms with Gasteiger partial charge in [0.05, 0.1) is 18.4 Å². The minimum atomic E-state index is 0.477. The normalized spacial score (nSPS) is 10.7. The molecule has 5 nitrogen and oxygen atoms in total. The first-order chi connectivity index (χ1) is 6.81. The minimum Gasteiger partial charge on any atom is -0.438 e. The van der Waals surface area contributed by atoms with Gasteiger partial charge in [-0.3, -0.25) is 0 Å². The first-order valence-corrected chi connectivity index (χ1v) is 4.31. The molecule has 0 fully saturated rings. The second kappa shape index (κ2) is 3.63. The van der Waals surface area contributed by atoms with E-state index in [1.807, 2.05) is 14.0 Å². The number of oxazole rings is 2. The Kier molecular flexibility index (Phi) is 2.32. The summed E-state index contributed by atoms with van der Waals surface area (Å²) in [5, 5.41) is 2.98. The monoisotopic (exact) mass is 193 g/mol. The molecule has 2 heterocycles. The van der Waals surface area contributed by atoms with E-state index in [2.05, 4.69) is 15.3 Å². The molecule has 0 aliphatic heterocycles. The second-order valence-electron chi connectivity index (χ2n) is 2.93. The molecule has 0 spiro atoms. The van der Waals surface area contributed by atoms with Gasteiger partial charge in [0.1, 0.15) is 5.76 Å². The fourth-order valence-electron chi connectivity index (χ4n) is 1.18. The van der Waals surface area contributed by atoms with Crippen LogP contribution in [0.4, 0.5) is 0 Å². The molecule has 0 aliphatic carbocycles. The average Bonchev–Trinajstić information content (AvgIpc) is 2.74. The fourth-order valence-corrected chi connectivity index (χ4v) is 1.18. The van der Waals surface area contributed by atoms with Crippen molar-refractivity contribution < 1.29 is 8.83 Å². The van der Waals surface area contributed by atoms with Crippen molar-refractivity contribution in [3.63, 3.8) is 0 Å². The molecule has 0 aromatic carbocycles. The Hall–Kier alpha value is -1.62. The summed E-state index contributed by atoms with van der Waals surface area (Å²) in [5.74, 6) is 1.84. The van der Waals surface area contributed by atoms with Crippen LogP contribution in [0.5, 0.6) is 0 Å². The summed E-state index contributed by atoms with van der Waals surface area (Å²) < 4.78 is 10.6. The molecule has 1 N–H and O–H groups in total. The minimum absolute atomic E-state index is 0.477. The Morgan fingerprint density at radius 3 is 2.93 bits per heavy atom. The third-order valence-corrected chi connectivity index (χ3v) is 1.84. The van der Waals surface area contributed by atoms with Crippen molar-refractivity contribution >= 4 is 0 Å². The van der Waals surface area contributed by atoms with E-state index < -0.39 is 0 Å². The highest BCUT2D eigenvalue weighted by molar-refractivity contribution is 5.46. The maximum atomic E-state index is 5.44. The number of nitrogens with one attached hydrogen (secondary N) is 1. The Bertz CT molecular complexity index is 419. The van der Waals surface area contributed by atoms with E-state index in [9.17, 15) is 0 Å². The van der Waals surface area contributed by atoms with E-state index in [1.54, 1.807) is 6.20 Å². The van der Waals surface area contributed by atoms with E-state index in [0.29, 0.717) is 18.2 Å². The molecule has 0 radical (unpaired) electrons. The van der Waals surface area contributed by atoms with Crippen molar-refractivity contribution in [1.29, 1.82) is 0 Å². The van der Waals surface area contributed by atoms with Gasteiger partial charge in [-0.25, -0.2) is 9.97 Å². The van der Waals surface area contributed by atoms with Gasteiger partial charge in [0.25, 0.3) is 5.89 Å². The maximum absolute atomic E-state index is 5.44. The van der Waals surface area contributed by atoms with E-state index in [0.717, 1.165) is 11.5 Å². The molecule has 0 atom stereocenters. The quantitative estimate of drug-likeness (QED) is 0.797. The van der Waals surface area contributed by atoms with Gasteiger partial charge in [-0.1, -0.05) is 0 Å². The second-order valence-corrected chi connectivity index (χ2v) is 2.93. The van der Waals surface area contributed by atoms with Gasteiger partial charge in [-0.15, -0.1) is 0 Å². The topological polar surface area (TPSA) is 64.1 Å². The highest BCUT2D eigenvalue weighted by Gasteiger charge is 2.12. The zero-order valence-corrected chi connectivity index (χ0v) is 8.07. The summed E-state index contributed by atoms with van der Waals surface area (Å²) in [5.41, 5.74) is 0.780. The highest BCUT2D eigenvalue weighted by atomic mass is 16.4. The summed E-state index contributed by atoms with van der Waals surface area (Å²) in [6, 6.07) is 0. The van der Waals surface area contributed by atoms with Gasteiger partial charge < -0.3 is 14.2 Å². The summed E-state index contributed by atoms with van der Waals surface area (Å²) >= 11 is 0. The van der Waals surface area contributed by atoms with Gasteiger partial charge in [0, 0.05) is 0 Å². The predicted octanol–water partition coefficient (Wildman–Crippen LogP) is 1.36. The molecule has 0 saturated heterocycles. The molecule has 2 aromatic heterocycles. The summed E-state index contributed by atoms with van der Waals surface area (Å²) in [7, 11) is 1.85. The van der Waals surface area contributed by atoms with Crippen LogP contribution < -0.4 is 5.32 Å². The van der Waals surface area contributed by atoms with Crippen LogP contribution in [0.15, 0.2) is 21.4 Å².